The number of benzene rings is 2. The van der Waals surface area contributed by atoms with Crippen molar-refractivity contribution in [3.05, 3.63) is 60.2 Å². The molecule has 0 aliphatic carbocycles. The third kappa shape index (κ3) is 5.50. The van der Waals surface area contributed by atoms with E-state index in [9.17, 15) is 4.79 Å². The first-order valence-corrected chi connectivity index (χ1v) is 8.67. The second-order valence-electron chi connectivity index (χ2n) is 5.95. The van der Waals surface area contributed by atoms with Crippen molar-refractivity contribution >= 4 is 11.6 Å². The zero-order valence-electron chi connectivity index (χ0n) is 14.3. The number of nitrogens with zero attached hydrogens (tertiary/aromatic N) is 1. The van der Waals surface area contributed by atoms with E-state index in [1.807, 2.05) is 30.3 Å². The Labute approximate surface area is 148 Å². The van der Waals surface area contributed by atoms with Gasteiger partial charge in [0.15, 0.2) is 0 Å². The molecule has 25 heavy (non-hydrogen) atoms. The molecule has 3 rings (SSSR count). The molecule has 0 bridgehead atoms. The summed E-state index contributed by atoms with van der Waals surface area (Å²) in [5, 5.41) is 2.93. The summed E-state index contributed by atoms with van der Waals surface area (Å²) >= 11 is 0. The number of carbonyl (C=O) groups is 1. The van der Waals surface area contributed by atoms with Gasteiger partial charge in [0.2, 0.25) is 5.91 Å². The van der Waals surface area contributed by atoms with Crippen molar-refractivity contribution in [3.63, 3.8) is 0 Å². The molecule has 2 aromatic carbocycles. The summed E-state index contributed by atoms with van der Waals surface area (Å²) < 4.78 is 10.9. The Morgan fingerprint density at radius 3 is 2.48 bits per heavy atom. The van der Waals surface area contributed by atoms with Crippen LogP contribution in [0.4, 0.5) is 5.69 Å². The predicted octanol–water partition coefficient (Wildman–Crippen LogP) is 2.61. The molecule has 1 amide bonds. The first-order valence-electron chi connectivity index (χ1n) is 8.67. The topological polar surface area (TPSA) is 50.8 Å². The number of para-hydroxylation sites is 1. The zero-order chi connectivity index (χ0) is 17.3. The fourth-order valence-electron chi connectivity index (χ4n) is 2.71. The number of amides is 1. The third-order valence-electron chi connectivity index (χ3n) is 4.14. The summed E-state index contributed by atoms with van der Waals surface area (Å²) in [6, 6.07) is 17.9. The van der Waals surface area contributed by atoms with E-state index >= 15 is 0 Å². The van der Waals surface area contributed by atoms with Crippen LogP contribution >= 0.6 is 0 Å². The molecule has 0 unspecified atom stereocenters. The molecule has 5 nitrogen and oxygen atoms in total. The van der Waals surface area contributed by atoms with Gasteiger partial charge in [-0.25, -0.2) is 0 Å². The lowest BCUT2D eigenvalue weighted by molar-refractivity contribution is -0.121. The first kappa shape index (κ1) is 17.3. The van der Waals surface area contributed by atoms with E-state index in [0.29, 0.717) is 19.6 Å². The molecule has 1 saturated heterocycles. The van der Waals surface area contributed by atoms with Crippen molar-refractivity contribution in [1.82, 2.24) is 5.32 Å². The number of carbonyl (C=O) groups excluding carboxylic acids is 1. The minimum absolute atomic E-state index is 0.00631. The van der Waals surface area contributed by atoms with Crippen LogP contribution in [-0.2, 0) is 16.1 Å². The Kier molecular flexibility index (Phi) is 6.29. The van der Waals surface area contributed by atoms with Gasteiger partial charge >= 0.3 is 0 Å². The summed E-state index contributed by atoms with van der Waals surface area (Å²) in [5.74, 6) is 0.780. The van der Waals surface area contributed by atoms with Crippen LogP contribution in [0.5, 0.6) is 5.75 Å². The predicted molar refractivity (Wildman–Crippen MR) is 97.9 cm³/mol. The van der Waals surface area contributed by atoms with Crippen LogP contribution in [-0.4, -0.2) is 38.8 Å². The lowest BCUT2D eigenvalue weighted by Gasteiger charge is -2.28. The number of morpholine rings is 1. The summed E-state index contributed by atoms with van der Waals surface area (Å²) in [7, 11) is 0. The Balaban J connectivity index is 1.38. The second kappa shape index (κ2) is 9.08. The maximum atomic E-state index is 11.9. The summed E-state index contributed by atoms with van der Waals surface area (Å²) in [4.78, 5) is 14.2. The molecule has 0 atom stereocenters. The van der Waals surface area contributed by atoms with Crippen molar-refractivity contribution in [1.29, 1.82) is 0 Å². The van der Waals surface area contributed by atoms with E-state index in [1.165, 1.54) is 5.69 Å². The number of rotatable bonds is 7. The molecule has 132 valence electrons. The normalized spacial score (nSPS) is 14.2. The van der Waals surface area contributed by atoms with E-state index < -0.39 is 0 Å². The molecule has 1 N–H and O–H groups in total. The minimum atomic E-state index is -0.00631. The number of hydrogen-bond donors (Lipinski definition) is 1. The van der Waals surface area contributed by atoms with Crippen LogP contribution in [0.2, 0.25) is 0 Å². The van der Waals surface area contributed by atoms with Crippen LogP contribution in [0.1, 0.15) is 12.0 Å². The Hall–Kier alpha value is -2.53. The van der Waals surface area contributed by atoms with Crippen molar-refractivity contribution in [2.75, 3.05) is 37.8 Å². The fraction of sp³-hybridized carbons (Fsp3) is 0.350. The Bertz CT molecular complexity index is 652. The molecular weight excluding hydrogens is 316 g/mol. The van der Waals surface area contributed by atoms with Crippen LogP contribution in [0.3, 0.4) is 0 Å². The average molecular weight is 340 g/mol. The van der Waals surface area contributed by atoms with Crippen molar-refractivity contribution in [2.45, 2.75) is 13.0 Å². The fourth-order valence-corrected chi connectivity index (χ4v) is 2.71. The molecule has 0 radical (unpaired) electrons. The number of hydrogen-bond acceptors (Lipinski definition) is 4. The molecule has 2 aromatic rings. The highest BCUT2D eigenvalue weighted by atomic mass is 16.5. The monoisotopic (exact) mass is 340 g/mol. The quantitative estimate of drug-likeness (QED) is 0.842. The van der Waals surface area contributed by atoms with E-state index in [-0.39, 0.29) is 5.91 Å². The van der Waals surface area contributed by atoms with Gasteiger partial charge in [0, 0.05) is 25.3 Å². The van der Waals surface area contributed by atoms with E-state index in [4.69, 9.17) is 9.47 Å². The van der Waals surface area contributed by atoms with Crippen molar-refractivity contribution in [2.24, 2.45) is 0 Å². The average Bonchev–Trinajstić information content (AvgIpc) is 2.68. The smallest absolute Gasteiger partial charge is 0.223 e. The molecule has 0 spiro atoms. The van der Waals surface area contributed by atoms with Gasteiger partial charge in [0.25, 0.3) is 0 Å². The van der Waals surface area contributed by atoms with Gasteiger partial charge in [-0.1, -0.05) is 30.3 Å². The van der Waals surface area contributed by atoms with Crippen LogP contribution in [0.15, 0.2) is 54.6 Å². The second-order valence-corrected chi connectivity index (χ2v) is 5.95. The van der Waals surface area contributed by atoms with Crippen LogP contribution < -0.4 is 15.0 Å². The molecule has 1 aliphatic rings. The van der Waals surface area contributed by atoms with Gasteiger partial charge in [-0.3, -0.25) is 4.79 Å². The number of anilines is 1. The van der Waals surface area contributed by atoms with Gasteiger partial charge < -0.3 is 19.7 Å². The Morgan fingerprint density at radius 2 is 1.76 bits per heavy atom. The van der Waals surface area contributed by atoms with Gasteiger partial charge in [-0.2, -0.15) is 0 Å². The molecule has 5 heteroatoms. The third-order valence-corrected chi connectivity index (χ3v) is 4.14. The maximum absolute atomic E-state index is 11.9. The van der Waals surface area contributed by atoms with Crippen molar-refractivity contribution in [3.8, 4) is 5.75 Å². The van der Waals surface area contributed by atoms with Gasteiger partial charge in [0.05, 0.1) is 26.2 Å². The van der Waals surface area contributed by atoms with E-state index in [1.54, 1.807) is 0 Å². The van der Waals surface area contributed by atoms with Gasteiger partial charge in [0.1, 0.15) is 5.75 Å². The van der Waals surface area contributed by atoms with Crippen molar-refractivity contribution < 1.29 is 14.3 Å². The number of ether oxygens (including phenoxy) is 2. The zero-order valence-corrected chi connectivity index (χ0v) is 14.3. The highest BCUT2D eigenvalue weighted by molar-refractivity contribution is 5.76. The lowest BCUT2D eigenvalue weighted by atomic mass is 10.2. The molecule has 0 saturated carbocycles. The first-order chi connectivity index (χ1) is 12.3. The van der Waals surface area contributed by atoms with Gasteiger partial charge in [-0.05, 0) is 29.8 Å². The largest absolute Gasteiger partial charge is 0.493 e. The molecule has 0 aromatic heterocycles. The maximum Gasteiger partial charge on any atom is 0.223 e. The molecule has 1 fully saturated rings. The molecular formula is C20H24N2O3. The van der Waals surface area contributed by atoms with Gasteiger partial charge in [-0.15, -0.1) is 0 Å². The minimum Gasteiger partial charge on any atom is -0.493 e. The summed E-state index contributed by atoms with van der Waals surface area (Å²) in [6.45, 7) is 4.33. The lowest BCUT2D eigenvalue weighted by Crippen LogP contribution is -2.36. The number of nitrogens with one attached hydrogen (secondary N) is 1. The van der Waals surface area contributed by atoms with E-state index in [0.717, 1.165) is 37.6 Å². The summed E-state index contributed by atoms with van der Waals surface area (Å²) in [6.07, 6.45) is 0.348. The summed E-state index contributed by atoms with van der Waals surface area (Å²) in [5.41, 5.74) is 2.30. The van der Waals surface area contributed by atoms with E-state index in [2.05, 4.69) is 34.5 Å². The van der Waals surface area contributed by atoms with Crippen LogP contribution in [0.25, 0.3) is 0 Å². The standard InChI is InChI=1S/C20H24N2O3/c23-20(10-13-25-19-4-2-1-3-5-19)21-16-17-6-8-18(9-7-17)22-11-14-24-15-12-22/h1-9H,10-16H2,(H,21,23). The molecule has 1 aliphatic heterocycles. The highest BCUT2D eigenvalue weighted by Crippen LogP contribution is 2.16. The van der Waals surface area contributed by atoms with Crippen LogP contribution in [0, 0.1) is 0 Å². The molecule has 1 heterocycles. The highest BCUT2D eigenvalue weighted by Gasteiger charge is 2.10. The SMILES string of the molecule is O=C(CCOc1ccccc1)NCc1ccc(N2CCOCC2)cc1. The Morgan fingerprint density at radius 1 is 1.04 bits per heavy atom.